The van der Waals surface area contributed by atoms with Crippen molar-refractivity contribution in [3.05, 3.63) is 58.2 Å². The Morgan fingerprint density at radius 3 is 2.56 bits per heavy atom. The maximum atomic E-state index is 12.5. The maximum Gasteiger partial charge on any atom is 0.293 e. The highest BCUT2D eigenvalue weighted by atomic mass is 32.2. The van der Waals surface area contributed by atoms with Crippen LogP contribution in [0.2, 0.25) is 0 Å². The van der Waals surface area contributed by atoms with Gasteiger partial charge in [-0.2, -0.15) is 0 Å². The average Bonchev–Trinajstić information content (AvgIpc) is 2.99. The highest BCUT2D eigenvalue weighted by Crippen LogP contribution is 2.51. The van der Waals surface area contributed by atoms with Crippen LogP contribution >= 0.6 is 24.0 Å². The Morgan fingerprint density at radius 2 is 1.88 bits per heavy atom. The summed E-state index contributed by atoms with van der Waals surface area (Å²) in [6.07, 6.45) is 9.21. The molecule has 32 heavy (non-hydrogen) atoms. The molecule has 0 atom stereocenters. The summed E-state index contributed by atoms with van der Waals surface area (Å²) < 4.78 is 0.287. The summed E-state index contributed by atoms with van der Waals surface area (Å²) in [6, 6.07) is 2.35. The van der Waals surface area contributed by atoms with Gasteiger partial charge in [0.1, 0.15) is 6.26 Å². The van der Waals surface area contributed by atoms with Crippen LogP contribution in [0, 0.1) is 6.92 Å². The van der Waals surface area contributed by atoms with Crippen molar-refractivity contribution in [2.45, 2.75) is 58.3 Å². The monoisotopic (exact) mass is 470 g/mol. The van der Waals surface area contributed by atoms with Gasteiger partial charge in [0.05, 0.1) is 4.91 Å². The molecule has 0 unspecified atom stereocenters. The topological polar surface area (TPSA) is 42.0 Å². The highest BCUT2D eigenvalue weighted by Gasteiger charge is 2.41. The molecule has 0 spiro atoms. The van der Waals surface area contributed by atoms with Gasteiger partial charge in [0.15, 0.2) is 4.32 Å². The van der Waals surface area contributed by atoms with Gasteiger partial charge in [-0.25, -0.2) is 0 Å². The van der Waals surface area contributed by atoms with E-state index >= 15 is 0 Å². The van der Waals surface area contributed by atoms with Crippen LogP contribution in [0.1, 0.15) is 62.8 Å². The normalized spacial score (nSPS) is 22.6. The molecule has 3 aliphatic rings. The first-order valence-electron chi connectivity index (χ1n) is 10.9. The molecule has 0 saturated carbocycles. The Kier molecular flexibility index (Phi) is 6.03. The number of carbonyl (C=O) groups excluding carboxylic acids is 1. The molecule has 7 heteroatoms. The minimum absolute atomic E-state index is 0.132. The first-order chi connectivity index (χ1) is 15.1. The van der Waals surface area contributed by atoms with E-state index in [1.165, 1.54) is 39.7 Å². The van der Waals surface area contributed by atoms with Gasteiger partial charge >= 0.3 is 0 Å². The van der Waals surface area contributed by atoms with Gasteiger partial charge in [-0.15, -0.1) is 5.06 Å². The van der Waals surface area contributed by atoms with Crippen molar-refractivity contribution >= 4 is 46.0 Å². The SMILES string of the molecule is C=COON1C(=O)C(=CC=Cc2cc3c4c(c2C)C(C)(C)CCN4CCC3(C)C)SC1=S. The van der Waals surface area contributed by atoms with Crippen LogP contribution in [0.15, 0.2) is 36.0 Å². The third-order valence-corrected chi connectivity index (χ3v) is 8.09. The molecule has 0 N–H and O–H groups in total. The Bertz CT molecular complexity index is 1050. The van der Waals surface area contributed by atoms with Crippen LogP contribution in [-0.2, 0) is 25.5 Å². The number of nitrogens with zero attached hydrogens (tertiary/aromatic N) is 2. The quantitative estimate of drug-likeness (QED) is 0.175. The van der Waals surface area contributed by atoms with Crippen LogP contribution in [0.5, 0.6) is 0 Å². The molecule has 1 saturated heterocycles. The number of thiocarbonyl (C=S) groups is 1. The molecule has 3 heterocycles. The number of benzene rings is 1. The van der Waals surface area contributed by atoms with Gasteiger partial charge in [0, 0.05) is 18.8 Å². The molecule has 170 valence electrons. The third-order valence-electron chi connectivity index (χ3n) is 6.80. The second kappa shape index (κ2) is 8.36. The number of allylic oxidation sites excluding steroid dienone is 2. The molecule has 0 radical (unpaired) electrons. The number of hydroxylamine groups is 2. The molecule has 5 nitrogen and oxygen atoms in total. The van der Waals surface area contributed by atoms with Crippen molar-refractivity contribution in [1.29, 1.82) is 0 Å². The zero-order valence-electron chi connectivity index (χ0n) is 19.4. The van der Waals surface area contributed by atoms with Crippen molar-refractivity contribution < 1.29 is 14.7 Å². The standard InChI is InChI=1S/C25H30N2O3S2/c1-7-29-30-27-22(28)19(32-23(27)31)10-8-9-17-15-18-21-20(16(17)2)25(5,6)12-14-26(21)13-11-24(18,3)4/h7-10,15H,1,11-14H2,2-6H3. The van der Waals surface area contributed by atoms with E-state index in [-0.39, 0.29) is 21.1 Å². The molecule has 1 fully saturated rings. The molecule has 1 aromatic carbocycles. The Morgan fingerprint density at radius 1 is 1.19 bits per heavy atom. The van der Waals surface area contributed by atoms with Crippen molar-refractivity contribution in [2.24, 2.45) is 0 Å². The van der Waals surface area contributed by atoms with E-state index in [4.69, 9.17) is 17.2 Å². The number of anilines is 1. The van der Waals surface area contributed by atoms with Crippen LogP contribution in [0.25, 0.3) is 6.08 Å². The third kappa shape index (κ3) is 3.91. The van der Waals surface area contributed by atoms with Crippen LogP contribution in [0.4, 0.5) is 5.69 Å². The van der Waals surface area contributed by atoms with Crippen molar-refractivity contribution in [3.63, 3.8) is 0 Å². The lowest BCUT2D eigenvalue weighted by atomic mass is 9.67. The predicted molar refractivity (Wildman–Crippen MR) is 135 cm³/mol. The summed E-state index contributed by atoms with van der Waals surface area (Å²) in [5.74, 6) is -0.346. The Balaban J connectivity index is 1.71. The number of amides is 1. The van der Waals surface area contributed by atoms with E-state index in [2.05, 4.69) is 63.1 Å². The van der Waals surface area contributed by atoms with E-state index < -0.39 is 0 Å². The number of hydrogen-bond acceptors (Lipinski definition) is 6. The van der Waals surface area contributed by atoms with Gasteiger partial charge in [0.2, 0.25) is 0 Å². The largest absolute Gasteiger partial charge is 0.371 e. The highest BCUT2D eigenvalue weighted by molar-refractivity contribution is 8.26. The van der Waals surface area contributed by atoms with Gasteiger partial charge in [-0.05, 0) is 77.2 Å². The summed E-state index contributed by atoms with van der Waals surface area (Å²) in [7, 11) is 0. The Labute approximate surface area is 200 Å². The molecule has 3 aliphatic heterocycles. The molecular weight excluding hydrogens is 440 g/mol. The summed E-state index contributed by atoms with van der Waals surface area (Å²) >= 11 is 6.38. The van der Waals surface area contributed by atoms with Crippen LogP contribution in [0.3, 0.4) is 0 Å². The summed E-state index contributed by atoms with van der Waals surface area (Å²) in [6.45, 7) is 17.3. The van der Waals surface area contributed by atoms with E-state index in [0.717, 1.165) is 37.3 Å². The zero-order valence-corrected chi connectivity index (χ0v) is 21.0. The second-order valence-electron chi connectivity index (χ2n) is 9.81. The van der Waals surface area contributed by atoms with E-state index in [9.17, 15) is 4.79 Å². The van der Waals surface area contributed by atoms with Crippen molar-refractivity contribution in [2.75, 3.05) is 18.0 Å². The molecule has 1 amide bonds. The van der Waals surface area contributed by atoms with Gasteiger partial charge < -0.3 is 9.79 Å². The first kappa shape index (κ1) is 23.1. The van der Waals surface area contributed by atoms with Gasteiger partial charge in [-0.1, -0.05) is 63.2 Å². The lowest BCUT2D eigenvalue weighted by Gasteiger charge is -2.49. The number of thioether (sulfide) groups is 1. The molecule has 0 bridgehead atoms. The van der Waals surface area contributed by atoms with Crippen molar-refractivity contribution in [1.82, 2.24) is 5.06 Å². The predicted octanol–water partition coefficient (Wildman–Crippen LogP) is 5.93. The van der Waals surface area contributed by atoms with Gasteiger partial charge in [0.25, 0.3) is 5.91 Å². The molecule has 0 aliphatic carbocycles. The lowest BCUT2D eigenvalue weighted by Crippen LogP contribution is -2.45. The number of carbonyl (C=O) groups is 1. The smallest absolute Gasteiger partial charge is 0.293 e. The summed E-state index contributed by atoms with van der Waals surface area (Å²) in [5, 5.41) is 0.954. The molecule has 0 aromatic heterocycles. The average molecular weight is 471 g/mol. The minimum atomic E-state index is -0.346. The fraction of sp³-hybridized carbons (Fsp3) is 0.440. The number of hydrogen-bond donors (Lipinski definition) is 0. The van der Waals surface area contributed by atoms with Gasteiger partial charge in [-0.3, -0.25) is 4.79 Å². The van der Waals surface area contributed by atoms with Crippen LogP contribution < -0.4 is 4.90 Å². The summed E-state index contributed by atoms with van der Waals surface area (Å²) in [4.78, 5) is 25.1. The summed E-state index contributed by atoms with van der Waals surface area (Å²) in [5.41, 5.74) is 7.13. The van der Waals surface area contributed by atoms with Crippen molar-refractivity contribution in [3.8, 4) is 0 Å². The molecule has 1 aromatic rings. The number of rotatable bonds is 5. The van der Waals surface area contributed by atoms with Crippen LogP contribution in [-0.4, -0.2) is 28.4 Å². The van der Waals surface area contributed by atoms with E-state index in [1.807, 2.05) is 6.08 Å². The maximum absolute atomic E-state index is 12.5. The fourth-order valence-corrected chi connectivity index (χ4v) is 5.99. The fourth-order valence-electron chi connectivity index (χ4n) is 4.90. The first-order valence-corrected chi connectivity index (χ1v) is 12.1. The molecular formula is C25H30N2O3S2. The minimum Gasteiger partial charge on any atom is -0.371 e. The van der Waals surface area contributed by atoms with E-state index in [1.54, 1.807) is 6.08 Å². The van der Waals surface area contributed by atoms with E-state index in [0.29, 0.717) is 4.91 Å². The Hall–Kier alpha value is -2.09. The second-order valence-corrected chi connectivity index (χ2v) is 11.5. The lowest BCUT2D eigenvalue weighted by molar-refractivity contribution is -0.350. The zero-order chi connectivity index (χ0) is 23.3. The molecule has 4 rings (SSSR count).